The lowest BCUT2D eigenvalue weighted by Crippen LogP contribution is -1.64. The zero-order chi connectivity index (χ0) is 2.99. The summed E-state index contributed by atoms with van der Waals surface area (Å²) in [5.41, 5.74) is 0. The second-order valence-corrected chi connectivity index (χ2v) is 0.866. The van der Waals surface area contributed by atoms with Gasteiger partial charge >= 0.3 is 0 Å². The van der Waals surface area contributed by atoms with Crippen LogP contribution in [0.3, 0.4) is 0 Å². The number of halogens is 1. The predicted molar refractivity (Wildman–Crippen MR) is 16.2 cm³/mol. The molecule has 2 nitrogen and oxygen atoms in total. The molecule has 0 aromatic heterocycles. The zero-order valence-corrected chi connectivity index (χ0v) is 2.61. The largest absolute Gasteiger partial charge is 0.158 e. The minimum Gasteiger partial charge on any atom is -0.158 e. The summed E-state index contributed by atoms with van der Waals surface area (Å²) in [6, 6.07) is 0. The van der Waals surface area contributed by atoms with E-state index in [1.54, 1.807) is 0 Å². The highest BCUT2D eigenvalue weighted by Gasteiger charge is 1.97. The minimum absolute atomic E-state index is 1.22. The van der Waals surface area contributed by atoms with E-state index in [2.05, 4.69) is 5.10 Å². The van der Waals surface area contributed by atoms with E-state index in [1.807, 2.05) is 0 Å². The summed E-state index contributed by atoms with van der Waals surface area (Å²) in [6.07, 6.45) is 1.52. The van der Waals surface area contributed by atoms with Crippen LogP contribution < -0.4 is 0 Å². The molecule has 4 heavy (non-hydrogen) atoms. The SMILES string of the molecule is ClN1C=N1. The number of hydrazone groups is 1. The summed E-state index contributed by atoms with van der Waals surface area (Å²) in [4.78, 5) is 0. The quantitative estimate of drug-likeness (QED) is 0.381. The van der Waals surface area contributed by atoms with Gasteiger partial charge in [0.05, 0.1) is 0 Å². The van der Waals surface area contributed by atoms with E-state index in [0.717, 1.165) is 0 Å². The van der Waals surface area contributed by atoms with Crippen molar-refractivity contribution in [2.45, 2.75) is 0 Å². The van der Waals surface area contributed by atoms with Crippen LogP contribution >= 0.6 is 11.8 Å². The molecule has 0 amide bonds. The van der Waals surface area contributed by atoms with Gasteiger partial charge in [0.2, 0.25) is 0 Å². The molecule has 22 valence electrons. The van der Waals surface area contributed by atoms with Crippen molar-refractivity contribution in [3.8, 4) is 0 Å². The van der Waals surface area contributed by atoms with E-state index < -0.39 is 0 Å². The first-order chi connectivity index (χ1) is 1.89. The number of hydrogen-bond donors (Lipinski definition) is 0. The Morgan fingerprint density at radius 2 is 2.25 bits per heavy atom. The second-order valence-electron chi connectivity index (χ2n) is 0.520. The summed E-state index contributed by atoms with van der Waals surface area (Å²) in [7, 11) is 0. The van der Waals surface area contributed by atoms with Crippen LogP contribution in [-0.4, -0.2) is 10.9 Å². The zero-order valence-electron chi connectivity index (χ0n) is 1.85. The molecule has 0 unspecified atom stereocenters. The van der Waals surface area contributed by atoms with Crippen LogP contribution in [0.25, 0.3) is 0 Å². The maximum absolute atomic E-state index is 5.00. The van der Waals surface area contributed by atoms with Crippen LogP contribution in [-0.2, 0) is 0 Å². The van der Waals surface area contributed by atoms with Crippen molar-refractivity contribution < 1.29 is 0 Å². The molecule has 0 N–H and O–H groups in total. The number of nitrogens with zero attached hydrogens (tertiary/aromatic N) is 2. The van der Waals surface area contributed by atoms with Crippen LogP contribution in [0.4, 0.5) is 0 Å². The van der Waals surface area contributed by atoms with Gasteiger partial charge in [0.25, 0.3) is 0 Å². The van der Waals surface area contributed by atoms with Crippen molar-refractivity contribution in [3.63, 3.8) is 0 Å². The summed E-state index contributed by atoms with van der Waals surface area (Å²) >= 11 is 5.00. The Morgan fingerprint density at radius 3 is 2.25 bits per heavy atom. The van der Waals surface area contributed by atoms with E-state index in [9.17, 15) is 0 Å². The Morgan fingerprint density at radius 1 is 2.00 bits per heavy atom. The maximum atomic E-state index is 5.00. The first-order valence-corrected chi connectivity index (χ1v) is 1.22. The smallest absolute Gasteiger partial charge is 0.152 e. The summed E-state index contributed by atoms with van der Waals surface area (Å²) in [5, 5.41) is 3.38. The van der Waals surface area contributed by atoms with Gasteiger partial charge in [-0.05, 0) is 0 Å². The molecule has 3 heteroatoms. The van der Waals surface area contributed by atoms with Crippen LogP contribution in [0.5, 0.6) is 0 Å². The number of hydrogen-bond acceptors (Lipinski definition) is 2. The number of rotatable bonds is 0. The molecule has 0 radical (unpaired) electrons. The highest BCUT2D eigenvalue weighted by Crippen LogP contribution is 1.99. The fraction of sp³-hybridized carbons (Fsp3) is 0. The van der Waals surface area contributed by atoms with Gasteiger partial charge in [0.15, 0.2) is 6.34 Å². The highest BCUT2D eigenvalue weighted by atomic mass is 35.5. The lowest BCUT2D eigenvalue weighted by atomic mass is 11.6. The van der Waals surface area contributed by atoms with Crippen molar-refractivity contribution in [2.75, 3.05) is 0 Å². The van der Waals surface area contributed by atoms with Crippen LogP contribution in [0.1, 0.15) is 0 Å². The molecule has 1 heterocycles. The van der Waals surface area contributed by atoms with Crippen molar-refractivity contribution >= 4 is 18.1 Å². The Labute approximate surface area is 28.8 Å². The fourth-order valence-corrected chi connectivity index (χ4v) is 0.0586. The van der Waals surface area contributed by atoms with Crippen LogP contribution in [0.2, 0.25) is 0 Å². The van der Waals surface area contributed by atoms with Crippen molar-refractivity contribution in [2.24, 2.45) is 5.10 Å². The third-order valence-corrected chi connectivity index (χ3v) is 0.377. The van der Waals surface area contributed by atoms with Gasteiger partial charge in [-0.15, -0.1) is 5.10 Å². The van der Waals surface area contributed by atoms with Gasteiger partial charge < -0.3 is 0 Å². The van der Waals surface area contributed by atoms with Gasteiger partial charge in [-0.25, -0.2) is 0 Å². The molecule has 0 spiro atoms. The summed E-state index contributed by atoms with van der Waals surface area (Å²) in [6.45, 7) is 0. The van der Waals surface area contributed by atoms with Gasteiger partial charge in [-0.2, -0.15) is 4.53 Å². The topological polar surface area (TPSA) is 15.4 Å². The molecule has 0 aromatic carbocycles. The van der Waals surface area contributed by atoms with Gasteiger partial charge in [-0.1, -0.05) is 0 Å². The average molecular weight is 76.5 g/mol. The van der Waals surface area contributed by atoms with E-state index >= 15 is 0 Å². The summed E-state index contributed by atoms with van der Waals surface area (Å²) in [5.74, 6) is 0. The molecule has 0 atom stereocenters. The molecule has 0 bridgehead atoms. The van der Waals surface area contributed by atoms with E-state index in [-0.39, 0.29) is 0 Å². The maximum Gasteiger partial charge on any atom is 0.152 e. The average Bonchev–Trinajstić information content (AvgIpc) is 1.75. The highest BCUT2D eigenvalue weighted by molar-refractivity contribution is 6.21. The molecule has 0 fully saturated rings. The molecule has 1 aliphatic heterocycles. The Hall–Kier alpha value is -0.240. The van der Waals surface area contributed by atoms with Crippen LogP contribution in [0.15, 0.2) is 5.10 Å². The van der Waals surface area contributed by atoms with E-state index in [4.69, 9.17) is 11.8 Å². The van der Waals surface area contributed by atoms with E-state index in [0.29, 0.717) is 0 Å². The van der Waals surface area contributed by atoms with Crippen molar-refractivity contribution in [1.29, 1.82) is 0 Å². The first-order valence-electron chi connectivity index (χ1n) is 0.885. The van der Waals surface area contributed by atoms with Crippen LogP contribution in [0, 0.1) is 0 Å². The predicted octanol–water partition coefficient (Wildman–Crippen LogP) is 0.399. The van der Waals surface area contributed by atoms with Crippen molar-refractivity contribution in [3.05, 3.63) is 0 Å². The monoisotopic (exact) mass is 76.0 g/mol. The molecular weight excluding hydrogens is 75.5 g/mol. The molecule has 0 aliphatic carbocycles. The third-order valence-electron chi connectivity index (χ3n) is 0.203. The van der Waals surface area contributed by atoms with Crippen molar-refractivity contribution in [1.82, 2.24) is 4.53 Å². The lowest BCUT2D eigenvalue weighted by molar-refractivity contribution is 0.905. The molecule has 1 rings (SSSR count). The molecule has 0 saturated heterocycles. The Kier molecular flexibility index (Phi) is 0.191. The standard InChI is InChI=1S/CHClN2/c2-4-1-3-4/h1H. The molecular formula is CHClN2. The molecule has 1 aliphatic rings. The van der Waals surface area contributed by atoms with Gasteiger partial charge in [0, 0.05) is 11.8 Å². The fourth-order valence-electron chi connectivity index (χ4n) is 0.0195. The van der Waals surface area contributed by atoms with Gasteiger partial charge in [-0.3, -0.25) is 0 Å². The summed E-state index contributed by atoms with van der Waals surface area (Å²) < 4.78 is 1.22. The Bertz CT molecular complexity index is 44.0. The normalized spacial score (nSPS) is 17.8. The van der Waals surface area contributed by atoms with Gasteiger partial charge in [0.1, 0.15) is 0 Å². The Balaban J connectivity index is 2.32. The lowest BCUT2D eigenvalue weighted by Gasteiger charge is -1.62. The molecule has 0 saturated carbocycles. The third kappa shape index (κ3) is 0.133. The van der Waals surface area contributed by atoms with E-state index in [1.165, 1.54) is 10.9 Å². The second kappa shape index (κ2) is 0.377. The minimum atomic E-state index is 1.22. The first kappa shape index (κ1) is 2.03. The molecule has 0 aromatic rings.